The van der Waals surface area contributed by atoms with E-state index < -0.39 is 6.04 Å². The van der Waals surface area contributed by atoms with Crippen molar-refractivity contribution >= 4 is 11.9 Å². The van der Waals surface area contributed by atoms with Gasteiger partial charge in [-0.25, -0.2) is 4.79 Å². The predicted octanol–water partition coefficient (Wildman–Crippen LogP) is 2.71. The number of amides is 1. The van der Waals surface area contributed by atoms with E-state index in [9.17, 15) is 9.59 Å². The molecule has 0 aliphatic carbocycles. The summed E-state index contributed by atoms with van der Waals surface area (Å²) in [6.45, 7) is 3.95. The number of benzene rings is 1. The van der Waals surface area contributed by atoms with Crippen molar-refractivity contribution < 1.29 is 14.3 Å². The first-order valence-corrected chi connectivity index (χ1v) is 7.44. The van der Waals surface area contributed by atoms with E-state index in [0.29, 0.717) is 12.8 Å². The van der Waals surface area contributed by atoms with Crippen LogP contribution >= 0.6 is 0 Å². The van der Waals surface area contributed by atoms with E-state index in [4.69, 9.17) is 4.74 Å². The van der Waals surface area contributed by atoms with Crippen molar-refractivity contribution in [2.75, 3.05) is 7.11 Å². The van der Waals surface area contributed by atoms with Crippen LogP contribution in [0.15, 0.2) is 30.3 Å². The molecule has 4 heteroatoms. The first-order valence-electron chi connectivity index (χ1n) is 7.44. The van der Waals surface area contributed by atoms with Crippen LogP contribution in [0.2, 0.25) is 0 Å². The molecule has 0 aliphatic rings. The van der Waals surface area contributed by atoms with Gasteiger partial charge in [0, 0.05) is 6.42 Å². The van der Waals surface area contributed by atoms with Crippen LogP contribution in [-0.4, -0.2) is 25.0 Å². The largest absolute Gasteiger partial charge is 0.467 e. The van der Waals surface area contributed by atoms with Crippen LogP contribution in [0.3, 0.4) is 0 Å². The maximum absolute atomic E-state index is 11.8. The lowest BCUT2D eigenvalue weighted by Gasteiger charge is -2.17. The SMILES string of the molecule is COC(=O)[C@@H](CCCc1ccccc1)NC(=O)CC(C)C. The third kappa shape index (κ3) is 6.93. The molecule has 0 bridgehead atoms. The van der Waals surface area contributed by atoms with E-state index in [-0.39, 0.29) is 17.8 Å². The topological polar surface area (TPSA) is 55.4 Å². The third-order valence-corrected chi connectivity index (χ3v) is 3.22. The number of esters is 1. The molecule has 0 saturated carbocycles. The monoisotopic (exact) mass is 291 g/mol. The van der Waals surface area contributed by atoms with E-state index in [2.05, 4.69) is 17.4 Å². The van der Waals surface area contributed by atoms with Crippen LogP contribution in [0.25, 0.3) is 0 Å². The Morgan fingerprint density at radius 3 is 2.43 bits per heavy atom. The second-order valence-electron chi connectivity index (χ2n) is 5.62. The predicted molar refractivity (Wildman–Crippen MR) is 82.8 cm³/mol. The molecule has 0 aromatic heterocycles. The highest BCUT2D eigenvalue weighted by Gasteiger charge is 2.21. The number of hydrogen-bond acceptors (Lipinski definition) is 3. The zero-order valence-corrected chi connectivity index (χ0v) is 13.1. The number of ether oxygens (including phenoxy) is 1. The van der Waals surface area contributed by atoms with Gasteiger partial charge < -0.3 is 10.1 Å². The molecule has 0 unspecified atom stereocenters. The van der Waals surface area contributed by atoms with Gasteiger partial charge >= 0.3 is 5.97 Å². The minimum atomic E-state index is -0.551. The highest BCUT2D eigenvalue weighted by Crippen LogP contribution is 2.08. The molecule has 0 fully saturated rings. The Morgan fingerprint density at radius 1 is 1.19 bits per heavy atom. The summed E-state index contributed by atoms with van der Waals surface area (Å²) in [7, 11) is 1.35. The average molecular weight is 291 g/mol. The van der Waals surface area contributed by atoms with Crippen LogP contribution in [0, 0.1) is 5.92 Å². The Kier molecular flexibility index (Phi) is 7.51. The first kappa shape index (κ1) is 17.2. The standard InChI is InChI=1S/C17H25NO3/c1-13(2)12-16(19)18-15(17(20)21-3)11-7-10-14-8-5-4-6-9-14/h4-6,8-9,13,15H,7,10-12H2,1-3H3,(H,18,19)/t15-/m1/s1. The van der Waals surface area contributed by atoms with Crippen LogP contribution in [0.1, 0.15) is 38.7 Å². The van der Waals surface area contributed by atoms with Gasteiger partial charge in [-0.15, -0.1) is 0 Å². The summed E-state index contributed by atoms with van der Waals surface area (Å²) >= 11 is 0. The maximum atomic E-state index is 11.8. The van der Waals surface area contributed by atoms with Gasteiger partial charge in [-0.05, 0) is 30.7 Å². The third-order valence-electron chi connectivity index (χ3n) is 3.22. The molecule has 1 aromatic rings. The average Bonchev–Trinajstić information content (AvgIpc) is 2.45. The molecule has 21 heavy (non-hydrogen) atoms. The number of methoxy groups -OCH3 is 1. The summed E-state index contributed by atoms with van der Waals surface area (Å²) < 4.78 is 4.77. The summed E-state index contributed by atoms with van der Waals surface area (Å²) in [6.07, 6.45) is 2.72. The molecule has 116 valence electrons. The molecule has 1 N–H and O–H groups in total. The molecule has 0 saturated heterocycles. The molecule has 1 aromatic carbocycles. The zero-order valence-electron chi connectivity index (χ0n) is 13.1. The number of nitrogens with one attached hydrogen (secondary N) is 1. The fourth-order valence-electron chi connectivity index (χ4n) is 2.17. The summed E-state index contributed by atoms with van der Waals surface area (Å²) in [5.41, 5.74) is 1.23. The van der Waals surface area contributed by atoms with Crippen molar-refractivity contribution in [1.29, 1.82) is 0 Å². The van der Waals surface area contributed by atoms with Crippen molar-refractivity contribution in [3.05, 3.63) is 35.9 Å². The summed E-state index contributed by atoms with van der Waals surface area (Å²) in [4.78, 5) is 23.5. The second-order valence-corrected chi connectivity index (χ2v) is 5.62. The quantitative estimate of drug-likeness (QED) is 0.749. The Hall–Kier alpha value is -1.84. The molecule has 0 aliphatic heterocycles. The summed E-state index contributed by atoms with van der Waals surface area (Å²) in [6, 6.07) is 9.54. The van der Waals surface area contributed by atoms with Crippen LogP contribution < -0.4 is 5.32 Å². The van der Waals surface area contributed by atoms with Crippen molar-refractivity contribution in [1.82, 2.24) is 5.32 Å². The molecule has 0 spiro atoms. The highest BCUT2D eigenvalue weighted by molar-refractivity contribution is 5.84. The molecular weight excluding hydrogens is 266 g/mol. The van der Waals surface area contributed by atoms with Gasteiger partial charge in [-0.3, -0.25) is 4.79 Å². The smallest absolute Gasteiger partial charge is 0.328 e. The van der Waals surface area contributed by atoms with Crippen molar-refractivity contribution in [2.24, 2.45) is 5.92 Å². The Labute approximate surface area is 126 Å². The Bertz CT molecular complexity index is 443. The molecular formula is C17H25NO3. The lowest BCUT2D eigenvalue weighted by atomic mass is 10.0. The first-order chi connectivity index (χ1) is 10.0. The molecule has 1 atom stereocenters. The van der Waals surface area contributed by atoms with E-state index >= 15 is 0 Å². The van der Waals surface area contributed by atoms with E-state index in [1.54, 1.807) is 0 Å². The van der Waals surface area contributed by atoms with Gasteiger partial charge in [-0.1, -0.05) is 44.2 Å². The van der Waals surface area contributed by atoms with E-state index in [1.165, 1.54) is 12.7 Å². The Balaban J connectivity index is 2.46. The molecule has 4 nitrogen and oxygen atoms in total. The number of rotatable bonds is 8. The van der Waals surface area contributed by atoms with Gasteiger partial charge in [0.25, 0.3) is 0 Å². The summed E-state index contributed by atoms with van der Waals surface area (Å²) in [5, 5.41) is 2.77. The van der Waals surface area contributed by atoms with Crippen LogP contribution in [-0.2, 0) is 20.7 Å². The van der Waals surface area contributed by atoms with Crippen LogP contribution in [0.5, 0.6) is 0 Å². The number of carbonyl (C=O) groups excluding carboxylic acids is 2. The normalized spacial score (nSPS) is 12.0. The fraction of sp³-hybridized carbons (Fsp3) is 0.529. The van der Waals surface area contributed by atoms with Gasteiger partial charge in [0.15, 0.2) is 0 Å². The maximum Gasteiger partial charge on any atom is 0.328 e. The number of hydrogen-bond donors (Lipinski definition) is 1. The van der Waals surface area contributed by atoms with Gasteiger partial charge in [0.1, 0.15) is 6.04 Å². The van der Waals surface area contributed by atoms with Crippen molar-refractivity contribution in [3.63, 3.8) is 0 Å². The molecule has 1 rings (SSSR count). The van der Waals surface area contributed by atoms with Gasteiger partial charge in [0.2, 0.25) is 5.91 Å². The lowest BCUT2D eigenvalue weighted by Crippen LogP contribution is -2.41. The van der Waals surface area contributed by atoms with E-state index in [0.717, 1.165) is 12.8 Å². The molecule has 0 radical (unpaired) electrons. The fourth-order valence-corrected chi connectivity index (χ4v) is 2.17. The van der Waals surface area contributed by atoms with Crippen LogP contribution in [0.4, 0.5) is 0 Å². The van der Waals surface area contributed by atoms with E-state index in [1.807, 2.05) is 32.0 Å². The lowest BCUT2D eigenvalue weighted by molar-refractivity contribution is -0.145. The summed E-state index contributed by atoms with van der Waals surface area (Å²) in [5.74, 6) is -0.201. The molecule has 1 amide bonds. The number of aryl methyl sites for hydroxylation is 1. The van der Waals surface area contributed by atoms with Crippen molar-refractivity contribution in [2.45, 2.75) is 45.6 Å². The van der Waals surface area contributed by atoms with Crippen molar-refractivity contribution in [3.8, 4) is 0 Å². The minimum Gasteiger partial charge on any atom is -0.467 e. The second kappa shape index (κ2) is 9.16. The number of carbonyl (C=O) groups is 2. The zero-order chi connectivity index (χ0) is 15.7. The minimum absolute atomic E-state index is 0.0971. The Morgan fingerprint density at radius 2 is 1.86 bits per heavy atom. The highest BCUT2D eigenvalue weighted by atomic mass is 16.5. The van der Waals surface area contributed by atoms with Gasteiger partial charge in [0.05, 0.1) is 7.11 Å². The molecule has 0 heterocycles. The van der Waals surface area contributed by atoms with Gasteiger partial charge in [-0.2, -0.15) is 0 Å².